The molecule has 1 aliphatic carbocycles. The van der Waals surface area contributed by atoms with Crippen molar-refractivity contribution in [2.45, 2.75) is 56.0 Å². The fourth-order valence-electron chi connectivity index (χ4n) is 2.67. The topological polar surface area (TPSA) is 60.7 Å². The van der Waals surface area contributed by atoms with E-state index in [0.717, 1.165) is 30.4 Å². The first-order valence-electron chi connectivity index (χ1n) is 7.54. The molecular weight excluding hydrogens is 296 g/mol. The van der Waals surface area contributed by atoms with E-state index in [1.54, 1.807) is 4.68 Å². The van der Waals surface area contributed by atoms with E-state index in [1.165, 1.54) is 11.8 Å². The summed E-state index contributed by atoms with van der Waals surface area (Å²) in [5.41, 5.74) is 1.82. The Balaban J connectivity index is 1.88. The van der Waals surface area contributed by atoms with Crippen LogP contribution < -0.4 is 0 Å². The third-order valence-corrected chi connectivity index (χ3v) is 5.01. The second-order valence-electron chi connectivity index (χ2n) is 6.56. The number of fused-ring (bicyclic) bond motifs is 1. The molecule has 0 spiro atoms. The smallest absolute Gasteiger partial charge is 0.210 e. The van der Waals surface area contributed by atoms with Gasteiger partial charge < -0.3 is 0 Å². The van der Waals surface area contributed by atoms with E-state index in [2.05, 4.69) is 42.4 Å². The lowest BCUT2D eigenvalue weighted by atomic mass is 10.0. The third kappa shape index (κ3) is 2.92. The Morgan fingerprint density at radius 1 is 1.27 bits per heavy atom. The van der Waals surface area contributed by atoms with Crippen molar-refractivity contribution >= 4 is 17.5 Å². The van der Waals surface area contributed by atoms with Crippen molar-refractivity contribution < 1.29 is 4.79 Å². The molecule has 0 saturated carbocycles. The summed E-state index contributed by atoms with van der Waals surface area (Å²) < 4.78 is 1.79. The van der Waals surface area contributed by atoms with Crippen LogP contribution in [-0.4, -0.2) is 31.2 Å². The standard InChI is InChI=1S/C16H20N4OS/c1-16(2,3)20-15(17-18-19-20)22-13-10-6-8-11-7-4-5-9-12(11)14(13)21/h4-5,7,9,13H,6,8,10H2,1-3H3. The first kappa shape index (κ1) is 15.2. The molecule has 6 heteroatoms. The van der Waals surface area contributed by atoms with Gasteiger partial charge in [-0.1, -0.05) is 36.0 Å². The quantitative estimate of drug-likeness (QED) is 0.797. The maximum absolute atomic E-state index is 12.8. The van der Waals surface area contributed by atoms with Crippen molar-refractivity contribution in [3.63, 3.8) is 0 Å². The highest BCUT2D eigenvalue weighted by atomic mass is 32.2. The van der Waals surface area contributed by atoms with Gasteiger partial charge in [0.05, 0.1) is 10.8 Å². The molecule has 0 amide bonds. The number of hydrogen-bond donors (Lipinski definition) is 0. The van der Waals surface area contributed by atoms with Crippen molar-refractivity contribution in [1.29, 1.82) is 0 Å². The number of Topliss-reactive ketones (excluding diaryl/α,β-unsaturated/α-hetero) is 1. The molecule has 1 aliphatic rings. The Morgan fingerprint density at radius 3 is 2.82 bits per heavy atom. The van der Waals surface area contributed by atoms with Gasteiger partial charge in [-0.05, 0) is 56.0 Å². The molecule has 0 fully saturated rings. The zero-order chi connectivity index (χ0) is 15.7. The van der Waals surface area contributed by atoms with Crippen LogP contribution in [0, 0.1) is 0 Å². The minimum Gasteiger partial charge on any atom is -0.293 e. The number of thioether (sulfide) groups is 1. The summed E-state index contributed by atoms with van der Waals surface area (Å²) in [6, 6.07) is 7.92. The molecule has 3 rings (SSSR count). The maximum Gasteiger partial charge on any atom is 0.210 e. The lowest BCUT2D eigenvalue weighted by Crippen LogP contribution is -2.25. The second-order valence-corrected chi connectivity index (χ2v) is 7.73. The Hall–Kier alpha value is -1.69. The number of aryl methyl sites for hydroxylation is 1. The van der Waals surface area contributed by atoms with Crippen molar-refractivity contribution in [2.75, 3.05) is 0 Å². The van der Waals surface area contributed by atoms with Gasteiger partial charge in [-0.25, -0.2) is 4.68 Å². The van der Waals surface area contributed by atoms with Gasteiger partial charge in [-0.3, -0.25) is 4.79 Å². The monoisotopic (exact) mass is 316 g/mol. The van der Waals surface area contributed by atoms with Crippen LogP contribution in [0.25, 0.3) is 0 Å². The van der Waals surface area contributed by atoms with Crippen LogP contribution >= 0.6 is 11.8 Å². The SMILES string of the molecule is CC(C)(C)n1nnnc1SC1CCCc2ccccc2C1=O. The molecule has 0 N–H and O–H groups in total. The summed E-state index contributed by atoms with van der Waals surface area (Å²) in [7, 11) is 0. The molecule has 1 aromatic heterocycles. The summed E-state index contributed by atoms with van der Waals surface area (Å²) in [5.74, 6) is 0.196. The second kappa shape index (κ2) is 5.83. The van der Waals surface area contributed by atoms with E-state index in [9.17, 15) is 4.79 Å². The Morgan fingerprint density at radius 2 is 2.05 bits per heavy atom. The minimum atomic E-state index is -0.197. The lowest BCUT2D eigenvalue weighted by Gasteiger charge is -2.21. The van der Waals surface area contributed by atoms with Gasteiger partial charge in [0.25, 0.3) is 0 Å². The van der Waals surface area contributed by atoms with E-state index in [0.29, 0.717) is 5.16 Å². The molecule has 1 aromatic carbocycles. The Kier molecular flexibility index (Phi) is 4.04. The van der Waals surface area contributed by atoms with Gasteiger partial charge in [0, 0.05) is 5.56 Å². The molecular formula is C16H20N4OS. The van der Waals surface area contributed by atoms with Crippen molar-refractivity contribution in [1.82, 2.24) is 20.2 Å². The highest BCUT2D eigenvalue weighted by molar-refractivity contribution is 8.00. The first-order chi connectivity index (χ1) is 10.5. The predicted octanol–water partition coefficient (Wildman–Crippen LogP) is 3.11. The van der Waals surface area contributed by atoms with E-state index in [1.807, 2.05) is 18.2 Å². The average Bonchev–Trinajstić information content (AvgIpc) is 2.88. The third-order valence-electron chi connectivity index (χ3n) is 3.81. The summed E-state index contributed by atoms with van der Waals surface area (Å²) in [6.45, 7) is 6.16. The number of tetrazole rings is 1. The summed E-state index contributed by atoms with van der Waals surface area (Å²) >= 11 is 1.49. The largest absolute Gasteiger partial charge is 0.293 e. The molecule has 1 atom stereocenters. The average molecular weight is 316 g/mol. The van der Waals surface area contributed by atoms with E-state index >= 15 is 0 Å². The molecule has 116 valence electrons. The van der Waals surface area contributed by atoms with E-state index in [4.69, 9.17) is 0 Å². The number of carbonyl (C=O) groups excluding carboxylic acids is 1. The van der Waals surface area contributed by atoms with Gasteiger partial charge in [-0.2, -0.15) is 0 Å². The van der Waals surface area contributed by atoms with Crippen LogP contribution in [-0.2, 0) is 12.0 Å². The van der Waals surface area contributed by atoms with Crippen LogP contribution in [0.2, 0.25) is 0 Å². The highest BCUT2D eigenvalue weighted by Crippen LogP contribution is 2.33. The van der Waals surface area contributed by atoms with E-state index in [-0.39, 0.29) is 16.6 Å². The number of ketones is 1. The fraction of sp³-hybridized carbons (Fsp3) is 0.500. The van der Waals surface area contributed by atoms with Crippen LogP contribution in [0.3, 0.4) is 0 Å². The molecule has 0 saturated heterocycles. The number of aromatic nitrogens is 4. The fourth-order valence-corrected chi connectivity index (χ4v) is 3.94. The molecule has 0 bridgehead atoms. The van der Waals surface area contributed by atoms with Crippen molar-refractivity contribution in [3.05, 3.63) is 35.4 Å². The van der Waals surface area contributed by atoms with Crippen LogP contribution in [0.15, 0.2) is 29.4 Å². The van der Waals surface area contributed by atoms with Crippen LogP contribution in [0.5, 0.6) is 0 Å². The first-order valence-corrected chi connectivity index (χ1v) is 8.42. The van der Waals surface area contributed by atoms with Gasteiger partial charge in [0.15, 0.2) is 5.78 Å². The molecule has 0 radical (unpaired) electrons. The zero-order valence-electron chi connectivity index (χ0n) is 13.1. The maximum atomic E-state index is 12.8. The van der Waals surface area contributed by atoms with Gasteiger partial charge >= 0.3 is 0 Å². The van der Waals surface area contributed by atoms with Crippen LogP contribution in [0.1, 0.15) is 49.5 Å². The highest BCUT2D eigenvalue weighted by Gasteiger charge is 2.29. The summed E-state index contributed by atoms with van der Waals surface area (Å²) in [6.07, 6.45) is 2.83. The molecule has 2 aromatic rings. The molecule has 1 unspecified atom stereocenters. The van der Waals surface area contributed by atoms with Gasteiger partial charge in [0.2, 0.25) is 5.16 Å². The van der Waals surface area contributed by atoms with Gasteiger partial charge in [0.1, 0.15) is 0 Å². The normalized spacial score (nSPS) is 18.9. The predicted molar refractivity (Wildman–Crippen MR) is 86.2 cm³/mol. The number of rotatable bonds is 2. The molecule has 22 heavy (non-hydrogen) atoms. The molecule has 5 nitrogen and oxygen atoms in total. The van der Waals surface area contributed by atoms with Gasteiger partial charge in [-0.15, -0.1) is 5.10 Å². The van der Waals surface area contributed by atoms with Crippen molar-refractivity contribution in [3.8, 4) is 0 Å². The number of carbonyl (C=O) groups is 1. The number of hydrogen-bond acceptors (Lipinski definition) is 5. The lowest BCUT2D eigenvalue weighted by molar-refractivity contribution is 0.0988. The zero-order valence-corrected chi connectivity index (χ0v) is 13.9. The van der Waals surface area contributed by atoms with E-state index < -0.39 is 0 Å². The minimum absolute atomic E-state index is 0.115. The molecule has 1 heterocycles. The Labute approximate surface area is 134 Å². The number of nitrogens with zero attached hydrogens (tertiary/aromatic N) is 4. The Bertz CT molecular complexity index is 689. The summed E-state index contributed by atoms with van der Waals surface area (Å²) in [4.78, 5) is 12.8. The van der Waals surface area contributed by atoms with Crippen LogP contribution in [0.4, 0.5) is 0 Å². The summed E-state index contributed by atoms with van der Waals surface area (Å²) in [5, 5.41) is 12.6. The number of benzene rings is 1. The van der Waals surface area contributed by atoms with Crippen molar-refractivity contribution in [2.24, 2.45) is 0 Å². The molecule has 0 aliphatic heterocycles.